The van der Waals surface area contributed by atoms with Gasteiger partial charge < -0.3 is 0 Å². The van der Waals surface area contributed by atoms with Crippen molar-refractivity contribution in [1.82, 2.24) is 4.90 Å². The number of benzene rings is 1. The second kappa shape index (κ2) is 5.14. The fraction of sp³-hybridized carbons (Fsp3) is 0.250. The maximum absolute atomic E-state index is 12.8. The molecule has 2 atom stereocenters. The number of amides is 3. The quantitative estimate of drug-likeness (QED) is 0.789. The first-order valence-corrected chi connectivity index (χ1v) is 8.97. The highest BCUT2D eigenvalue weighted by Crippen LogP contribution is 2.47. The summed E-state index contributed by atoms with van der Waals surface area (Å²) in [5.41, 5.74) is 1.76. The fourth-order valence-electron chi connectivity index (χ4n) is 2.87. The molecule has 1 aromatic carbocycles. The maximum Gasteiger partial charge on any atom is 0.333 e. The molecule has 0 unspecified atom stereocenters. The van der Waals surface area contributed by atoms with Crippen LogP contribution in [0.2, 0.25) is 0 Å². The lowest BCUT2D eigenvalue weighted by Gasteiger charge is -2.21. The number of carbonyl (C=O) groups excluding carboxylic acids is 2. The number of hydrogen-bond donors (Lipinski definition) is 0. The molecule has 3 heterocycles. The number of rotatable bonds is 2. The van der Waals surface area contributed by atoms with Crippen molar-refractivity contribution < 1.29 is 9.59 Å². The first-order chi connectivity index (χ1) is 10.7. The van der Waals surface area contributed by atoms with E-state index in [9.17, 15) is 9.59 Å². The van der Waals surface area contributed by atoms with Crippen LogP contribution in [-0.2, 0) is 4.79 Å². The second-order valence-electron chi connectivity index (χ2n) is 5.42. The van der Waals surface area contributed by atoms with E-state index in [1.807, 2.05) is 48.7 Å². The zero-order chi connectivity index (χ0) is 15.3. The van der Waals surface area contributed by atoms with Gasteiger partial charge in [-0.05, 0) is 30.5 Å². The van der Waals surface area contributed by atoms with Gasteiger partial charge in [-0.15, -0.1) is 23.1 Å². The van der Waals surface area contributed by atoms with Crippen molar-refractivity contribution >= 4 is 40.7 Å². The molecule has 112 valence electrons. The molecule has 2 fully saturated rings. The Balaban J connectivity index is 1.69. The highest BCUT2D eigenvalue weighted by atomic mass is 32.2. The summed E-state index contributed by atoms with van der Waals surface area (Å²) in [5.74, 6) is 0.551. The molecule has 6 heteroatoms. The number of imide groups is 1. The van der Waals surface area contributed by atoms with Crippen LogP contribution in [0.5, 0.6) is 0 Å². The van der Waals surface area contributed by atoms with E-state index in [2.05, 4.69) is 0 Å². The van der Waals surface area contributed by atoms with Crippen molar-refractivity contribution in [3.63, 3.8) is 0 Å². The summed E-state index contributed by atoms with van der Waals surface area (Å²) in [6, 6.07) is 11.0. The molecule has 0 spiro atoms. The number of carbonyl (C=O) groups is 2. The third-order valence-corrected chi connectivity index (χ3v) is 6.38. The van der Waals surface area contributed by atoms with Crippen LogP contribution in [0.15, 0.2) is 41.8 Å². The minimum Gasteiger partial charge on any atom is -0.294 e. The average Bonchev–Trinajstić information content (AvgIpc) is 3.21. The molecule has 2 saturated heterocycles. The van der Waals surface area contributed by atoms with Gasteiger partial charge in [-0.3, -0.25) is 9.69 Å². The number of aryl methyl sites for hydroxylation is 1. The van der Waals surface area contributed by atoms with E-state index in [1.54, 1.807) is 28.0 Å². The third kappa shape index (κ3) is 1.98. The molecule has 22 heavy (non-hydrogen) atoms. The zero-order valence-corrected chi connectivity index (χ0v) is 13.6. The van der Waals surface area contributed by atoms with E-state index in [1.165, 1.54) is 4.90 Å². The van der Waals surface area contributed by atoms with E-state index in [-0.39, 0.29) is 23.4 Å². The van der Waals surface area contributed by atoms with E-state index >= 15 is 0 Å². The van der Waals surface area contributed by atoms with Gasteiger partial charge in [0.05, 0.1) is 5.69 Å². The van der Waals surface area contributed by atoms with Gasteiger partial charge in [0.25, 0.3) is 5.91 Å². The Morgan fingerprint density at radius 1 is 1.14 bits per heavy atom. The third-order valence-electron chi connectivity index (χ3n) is 4.00. The summed E-state index contributed by atoms with van der Waals surface area (Å²) in [4.78, 5) is 29.6. The number of hydrogen-bond acceptors (Lipinski definition) is 4. The van der Waals surface area contributed by atoms with Crippen LogP contribution in [0.4, 0.5) is 10.5 Å². The monoisotopic (exact) mass is 330 g/mol. The Morgan fingerprint density at radius 2 is 1.91 bits per heavy atom. The van der Waals surface area contributed by atoms with E-state index in [0.717, 1.165) is 10.4 Å². The standard InChI is InChI=1S/C16H14N2O2S2/c1-10-4-6-11(7-5-10)17-14(19)12-9-22-15(18(12)16(17)20)13-3-2-8-21-13/h2-8,12,15H,9H2,1H3/t12-,15-/m0/s1. The molecular weight excluding hydrogens is 316 g/mol. The maximum atomic E-state index is 12.8. The van der Waals surface area contributed by atoms with Crippen molar-refractivity contribution in [2.75, 3.05) is 10.7 Å². The molecule has 0 radical (unpaired) electrons. The van der Waals surface area contributed by atoms with Crippen LogP contribution < -0.4 is 4.90 Å². The molecule has 0 aliphatic carbocycles. The Morgan fingerprint density at radius 3 is 2.59 bits per heavy atom. The lowest BCUT2D eigenvalue weighted by atomic mass is 10.2. The second-order valence-corrected chi connectivity index (χ2v) is 7.51. The van der Waals surface area contributed by atoms with Crippen LogP contribution >= 0.6 is 23.1 Å². The van der Waals surface area contributed by atoms with Crippen LogP contribution in [0.1, 0.15) is 15.8 Å². The minimum absolute atomic E-state index is 0.0445. The van der Waals surface area contributed by atoms with Gasteiger partial charge in [-0.2, -0.15) is 0 Å². The Kier molecular flexibility index (Phi) is 3.23. The summed E-state index contributed by atoms with van der Waals surface area (Å²) in [5, 5.41) is 1.96. The van der Waals surface area contributed by atoms with Gasteiger partial charge in [0.15, 0.2) is 0 Å². The van der Waals surface area contributed by atoms with Crippen molar-refractivity contribution in [2.45, 2.75) is 18.3 Å². The van der Waals surface area contributed by atoms with Crippen LogP contribution in [0.25, 0.3) is 0 Å². The van der Waals surface area contributed by atoms with E-state index in [4.69, 9.17) is 0 Å². The summed E-state index contributed by atoms with van der Waals surface area (Å²) in [6.07, 6.45) is 0. The SMILES string of the molecule is Cc1ccc(N2C(=O)[C@@H]3CS[C@@H](c4cccs4)N3C2=O)cc1. The molecule has 4 nitrogen and oxygen atoms in total. The molecule has 2 aliphatic rings. The summed E-state index contributed by atoms with van der Waals surface area (Å²) < 4.78 is 0. The van der Waals surface area contributed by atoms with Crippen LogP contribution in [0, 0.1) is 6.92 Å². The lowest BCUT2D eigenvalue weighted by Crippen LogP contribution is -2.33. The van der Waals surface area contributed by atoms with Crippen molar-refractivity contribution in [2.24, 2.45) is 0 Å². The number of urea groups is 1. The van der Waals surface area contributed by atoms with Gasteiger partial charge in [0.2, 0.25) is 0 Å². The highest BCUT2D eigenvalue weighted by Gasteiger charge is 2.53. The Labute approximate surface area is 136 Å². The molecule has 2 aliphatic heterocycles. The predicted molar refractivity (Wildman–Crippen MR) is 89.2 cm³/mol. The summed E-state index contributed by atoms with van der Waals surface area (Å²) in [7, 11) is 0. The molecule has 1 aromatic heterocycles. The molecule has 3 amide bonds. The van der Waals surface area contributed by atoms with Crippen LogP contribution in [0.3, 0.4) is 0 Å². The van der Waals surface area contributed by atoms with Crippen molar-refractivity contribution in [1.29, 1.82) is 0 Å². The van der Waals surface area contributed by atoms with Gasteiger partial charge in [-0.25, -0.2) is 9.69 Å². The lowest BCUT2D eigenvalue weighted by molar-refractivity contribution is -0.119. The zero-order valence-electron chi connectivity index (χ0n) is 11.9. The number of anilines is 1. The predicted octanol–water partition coefficient (Wildman–Crippen LogP) is 3.64. The first kappa shape index (κ1) is 13.8. The smallest absolute Gasteiger partial charge is 0.294 e. The first-order valence-electron chi connectivity index (χ1n) is 7.05. The average molecular weight is 330 g/mol. The molecule has 0 bridgehead atoms. The van der Waals surface area contributed by atoms with Gasteiger partial charge >= 0.3 is 6.03 Å². The van der Waals surface area contributed by atoms with E-state index < -0.39 is 0 Å². The number of thiophene rings is 1. The summed E-state index contributed by atoms with van der Waals surface area (Å²) >= 11 is 3.29. The van der Waals surface area contributed by atoms with Crippen LogP contribution in [-0.4, -0.2) is 28.6 Å². The van der Waals surface area contributed by atoms with Crippen molar-refractivity contribution in [3.8, 4) is 0 Å². The molecule has 0 N–H and O–H groups in total. The number of fused-ring (bicyclic) bond motifs is 1. The normalized spacial score (nSPS) is 24.2. The Hall–Kier alpha value is -1.79. The topological polar surface area (TPSA) is 40.6 Å². The number of thioether (sulfide) groups is 1. The molecule has 4 rings (SSSR count). The van der Waals surface area contributed by atoms with Gasteiger partial charge in [0, 0.05) is 10.6 Å². The highest BCUT2D eigenvalue weighted by molar-refractivity contribution is 7.99. The minimum atomic E-state index is -0.342. The molecular formula is C16H14N2O2S2. The number of nitrogens with zero attached hydrogens (tertiary/aromatic N) is 2. The molecule has 2 aromatic rings. The summed E-state index contributed by atoms with van der Waals surface area (Å²) in [6.45, 7) is 1.99. The van der Waals surface area contributed by atoms with Crippen molar-refractivity contribution in [3.05, 3.63) is 52.2 Å². The van der Waals surface area contributed by atoms with Gasteiger partial charge in [-0.1, -0.05) is 23.8 Å². The Bertz CT molecular complexity index is 727. The van der Waals surface area contributed by atoms with E-state index in [0.29, 0.717) is 11.4 Å². The fourth-order valence-corrected chi connectivity index (χ4v) is 5.25. The largest absolute Gasteiger partial charge is 0.333 e. The van der Waals surface area contributed by atoms with Gasteiger partial charge in [0.1, 0.15) is 11.4 Å². The molecule has 0 saturated carbocycles.